The molecule has 2 atom stereocenters. The summed E-state index contributed by atoms with van der Waals surface area (Å²) >= 11 is 5.96. The number of nitrogens with zero attached hydrogens (tertiary/aromatic N) is 3. The number of hydrogen-bond donors (Lipinski definition) is 0. The zero-order chi connectivity index (χ0) is 17.1. The van der Waals surface area contributed by atoms with Crippen molar-refractivity contribution in [2.45, 2.75) is 44.9 Å². The Labute approximate surface area is 147 Å². The number of carbonyl (C=O) groups excluding carboxylic acids is 1. The molecule has 6 heteroatoms. The van der Waals surface area contributed by atoms with E-state index in [1.807, 2.05) is 36.1 Å². The van der Waals surface area contributed by atoms with E-state index in [1.165, 1.54) is 0 Å². The van der Waals surface area contributed by atoms with Crippen molar-refractivity contribution in [1.82, 2.24) is 15.0 Å². The fourth-order valence-corrected chi connectivity index (χ4v) is 3.36. The Morgan fingerprint density at radius 2 is 2.12 bits per heavy atom. The van der Waals surface area contributed by atoms with Crippen LogP contribution in [0.5, 0.6) is 0 Å². The summed E-state index contributed by atoms with van der Waals surface area (Å²) in [6.07, 6.45) is 2.30. The topological polar surface area (TPSA) is 59.2 Å². The van der Waals surface area contributed by atoms with Gasteiger partial charge in [0.05, 0.1) is 5.92 Å². The molecular weight excluding hydrogens is 326 g/mol. The zero-order valence-electron chi connectivity index (χ0n) is 14.0. The molecule has 5 nitrogen and oxygen atoms in total. The van der Waals surface area contributed by atoms with E-state index in [4.69, 9.17) is 16.1 Å². The van der Waals surface area contributed by atoms with Crippen molar-refractivity contribution in [1.29, 1.82) is 0 Å². The lowest BCUT2D eigenvalue weighted by Gasteiger charge is -2.14. The first kappa shape index (κ1) is 17.0. The minimum Gasteiger partial charge on any atom is -0.342 e. The molecule has 1 aromatic heterocycles. The highest BCUT2D eigenvalue weighted by Gasteiger charge is 2.31. The lowest BCUT2D eigenvalue weighted by atomic mass is 9.96. The molecule has 0 N–H and O–H groups in total. The highest BCUT2D eigenvalue weighted by Crippen LogP contribution is 2.30. The molecular formula is C18H22ClN3O2. The zero-order valence-corrected chi connectivity index (χ0v) is 14.8. The third kappa shape index (κ3) is 3.46. The summed E-state index contributed by atoms with van der Waals surface area (Å²) in [6.45, 7) is 5.43. The predicted molar refractivity (Wildman–Crippen MR) is 92.1 cm³/mol. The molecule has 1 aliphatic heterocycles. The van der Waals surface area contributed by atoms with E-state index in [9.17, 15) is 4.79 Å². The normalized spacial score (nSPS) is 18.8. The van der Waals surface area contributed by atoms with Crippen LogP contribution in [0.1, 0.15) is 62.2 Å². The van der Waals surface area contributed by atoms with E-state index in [1.54, 1.807) is 0 Å². The van der Waals surface area contributed by atoms with Gasteiger partial charge in [0, 0.05) is 30.5 Å². The smallest absolute Gasteiger partial charge is 0.231 e. The van der Waals surface area contributed by atoms with Crippen LogP contribution in [0, 0.1) is 0 Å². The van der Waals surface area contributed by atoms with Crippen molar-refractivity contribution in [3.8, 4) is 0 Å². The highest BCUT2D eigenvalue weighted by molar-refractivity contribution is 6.30. The fraction of sp³-hybridized carbons (Fsp3) is 0.500. The Morgan fingerprint density at radius 1 is 1.38 bits per heavy atom. The Balaban J connectivity index is 1.75. The average molecular weight is 348 g/mol. The summed E-state index contributed by atoms with van der Waals surface area (Å²) < 4.78 is 5.51. The first-order valence-corrected chi connectivity index (χ1v) is 8.86. The lowest BCUT2D eigenvalue weighted by molar-refractivity contribution is -0.129. The molecule has 1 aromatic carbocycles. The largest absolute Gasteiger partial charge is 0.342 e. The monoisotopic (exact) mass is 347 g/mol. The van der Waals surface area contributed by atoms with Gasteiger partial charge in [-0.05, 0) is 30.5 Å². The maximum atomic E-state index is 11.8. The van der Waals surface area contributed by atoms with Crippen LogP contribution < -0.4 is 0 Å². The van der Waals surface area contributed by atoms with Crippen molar-refractivity contribution >= 4 is 17.5 Å². The molecule has 3 rings (SSSR count). The van der Waals surface area contributed by atoms with Gasteiger partial charge >= 0.3 is 0 Å². The Hall–Kier alpha value is -1.88. The maximum absolute atomic E-state index is 11.8. The SMILES string of the molecule is CCC(=O)N1CCC(c2nc(C(CC)c3ccc(Cl)cc3)no2)C1. The number of carbonyl (C=O) groups is 1. The molecule has 0 bridgehead atoms. The number of hydrogen-bond acceptors (Lipinski definition) is 4. The van der Waals surface area contributed by atoms with Crippen molar-refractivity contribution in [3.63, 3.8) is 0 Å². The molecule has 1 aliphatic rings. The molecule has 0 radical (unpaired) electrons. The highest BCUT2D eigenvalue weighted by atomic mass is 35.5. The van der Waals surface area contributed by atoms with E-state index < -0.39 is 0 Å². The first-order chi connectivity index (χ1) is 11.6. The van der Waals surface area contributed by atoms with Crippen LogP contribution in [0.25, 0.3) is 0 Å². The van der Waals surface area contributed by atoms with Crippen LogP contribution in [0.3, 0.4) is 0 Å². The molecule has 0 saturated carbocycles. The molecule has 1 amide bonds. The van der Waals surface area contributed by atoms with E-state index in [0.29, 0.717) is 29.7 Å². The summed E-state index contributed by atoms with van der Waals surface area (Å²) in [5, 5.41) is 4.91. The minimum atomic E-state index is 0.0922. The van der Waals surface area contributed by atoms with Crippen LogP contribution >= 0.6 is 11.6 Å². The molecule has 0 aliphatic carbocycles. The van der Waals surface area contributed by atoms with Gasteiger partial charge in [-0.25, -0.2) is 0 Å². The van der Waals surface area contributed by atoms with Gasteiger partial charge in [0.2, 0.25) is 11.8 Å². The summed E-state index contributed by atoms with van der Waals surface area (Å²) in [5.74, 6) is 1.77. The summed E-state index contributed by atoms with van der Waals surface area (Å²) in [7, 11) is 0. The van der Waals surface area contributed by atoms with Crippen LogP contribution in [0.2, 0.25) is 5.02 Å². The maximum Gasteiger partial charge on any atom is 0.231 e. The number of rotatable bonds is 5. The second-order valence-electron chi connectivity index (χ2n) is 6.18. The quantitative estimate of drug-likeness (QED) is 0.820. The van der Waals surface area contributed by atoms with Crippen LogP contribution in [0.15, 0.2) is 28.8 Å². The summed E-state index contributed by atoms with van der Waals surface area (Å²) in [6, 6.07) is 7.77. The van der Waals surface area contributed by atoms with Gasteiger partial charge in [0.15, 0.2) is 5.82 Å². The van der Waals surface area contributed by atoms with Gasteiger partial charge < -0.3 is 9.42 Å². The predicted octanol–water partition coefficient (Wildman–Crippen LogP) is 3.99. The van der Waals surface area contributed by atoms with Crippen molar-refractivity contribution in [3.05, 3.63) is 46.6 Å². The van der Waals surface area contributed by atoms with Crippen LogP contribution in [-0.4, -0.2) is 34.0 Å². The van der Waals surface area contributed by atoms with Crippen molar-refractivity contribution in [2.75, 3.05) is 13.1 Å². The molecule has 24 heavy (non-hydrogen) atoms. The van der Waals surface area contributed by atoms with Crippen molar-refractivity contribution < 1.29 is 9.32 Å². The standard InChI is InChI=1S/C18H22ClN3O2/c1-3-15(12-5-7-14(19)8-6-12)17-20-18(24-21-17)13-9-10-22(11-13)16(23)4-2/h5-8,13,15H,3-4,9-11H2,1-2H3. The Bertz CT molecular complexity index is 699. The fourth-order valence-electron chi connectivity index (χ4n) is 3.23. The van der Waals surface area contributed by atoms with Crippen LogP contribution in [0.4, 0.5) is 0 Å². The average Bonchev–Trinajstić information content (AvgIpc) is 3.26. The number of halogens is 1. The molecule has 2 aromatic rings. The Morgan fingerprint density at radius 3 is 2.79 bits per heavy atom. The van der Waals surface area contributed by atoms with E-state index in [2.05, 4.69) is 17.1 Å². The molecule has 0 spiro atoms. The van der Waals surface area contributed by atoms with Gasteiger partial charge in [-0.3, -0.25) is 4.79 Å². The molecule has 2 heterocycles. The summed E-state index contributed by atoms with van der Waals surface area (Å²) in [5.41, 5.74) is 1.13. The Kier molecular flexibility index (Phi) is 5.19. The van der Waals surface area contributed by atoms with E-state index in [0.717, 1.165) is 24.9 Å². The molecule has 2 unspecified atom stereocenters. The number of amides is 1. The van der Waals surface area contributed by atoms with Gasteiger partial charge in [0.25, 0.3) is 0 Å². The third-order valence-corrected chi connectivity index (χ3v) is 4.89. The number of benzene rings is 1. The number of likely N-dealkylation sites (tertiary alicyclic amines) is 1. The van der Waals surface area contributed by atoms with Gasteiger partial charge in [-0.15, -0.1) is 0 Å². The summed E-state index contributed by atoms with van der Waals surface area (Å²) in [4.78, 5) is 18.3. The minimum absolute atomic E-state index is 0.0922. The third-order valence-electron chi connectivity index (χ3n) is 4.64. The van der Waals surface area contributed by atoms with E-state index in [-0.39, 0.29) is 17.7 Å². The number of aromatic nitrogens is 2. The lowest BCUT2D eigenvalue weighted by Crippen LogP contribution is -2.27. The molecule has 1 fully saturated rings. The molecule has 128 valence electrons. The molecule has 1 saturated heterocycles. The van der Waals surface area contributed by atoms with E-state index >= 15 is 0 Å². The van der Waals surface area contributed by atoms with Crippen LogP contribution in [-0.2, 0) is 4.79 Å². The second-order valence-corrected chi connectivity index (χ2v) is 6.62. The van der Waals surface area contributed by atoms with Crippen molar-refractivity contribution in [2.24, 2.45) is 0 Å². The van der Waals surface area contributed by atoms with Gasteiger partial charge in [-0.1, -0.05) is 42.7 Å². The van der Waals surface area contributed by atoms with Gasteiger partial charge in [0.1, 0.15) is 0 Å². The second kappa shape index (κ2) is 7.34. The van der Waals surface area contributed by atoms with Gasteiger partial charge in [-0.2, -0.15) is 4.98 Å². The first-order valence-electron chi connectivity index (χ1n) is 8.49.